The van der Waals surface area contributed by atoms with E-state index in [1.807, 2.05) is 17.5 Å². The summed E-state index contributed by atoms with van der Waals surface area (Å²) in [5.41, 5.74) is 1.05. The summed E-state index contributed by atoms with van der Waals surface area (Å²) in [6.07, 6.45) is 4.91. The van der Waals surface area contributed by atoms with Gasteiger partial charge in [-0.25, -0.2) is 4.98 Å². The minimum atomic E-state index is 0. The Hall–Kier alpha value is -1.37. The van der Waals surface area contributed by atoms with Gasteiger partial charge in [0.1, 0.15) is 6.26 Å². The lowest BCUT2D eigenvalue weighted by Crippen LogP contribution is -2.33. The number of nitrogens with zero attached hydrogens (tertiary/aromatic N) is 1. The number of halogens is 1. The van der Waals surface area contributed by atoms with Crippen LogP contribution in [0.1, 0.15) is 25.0 Å². The third-order valence-electron chi connectivity index (χ3n) is 4.83. The van der Waals surface area contributed by atoms with Crippen LogP contribution in [0.25, 0.3) is 10.8 Å². The molecule has 1 saturated carbocycles. The molecular formula is C16H20ClN3O2S. The number of carbonyl (C=O) groups excluding carboxylic acids is 1. The highest BCUT2D eigenvalue weighted by atomic mass is 35.5. The Morgan fingerprint density at radius 1 is 1.48 bits per heavy atom. The Balaban J connectivity index is 0.00000156. The number of piperidine rings is 1. The average Bonchev–Trinajstić information content (AvgIpc) is 2.96. The summed E-state index contributed by atoms with van der Waals surface area (Å²) in [5, 5.41) is 8.37. The van der Waals surface area contributed by atoms with Crippen LogP contribution in [0.15, 0.2) is 28.2 Å². The fraction of sp³-hybridized carbons (Fsp3) is 0.500. The number of oxazole rings is 1. The maximum Gasteiger partial charge on any atom is 0.236 e. The van der Waals surface area contributed by atoms with Gasteiger partial charge in [0.15, 0.2) is 0 Å². The second-order valence-electron chi connectivity index (χ2n) is 6.21. The van der Waals surface area contributed by atoms with E-state index in [2.05, 4.69) is 15.6 Å². The molecule has 4 rings (SSSR count). The van der Waals surface area contributed by atoms with Crippen LogP contribution in [-0.4, -0.2) is 24.0 Å². The Kier molecular flexibility index (Phi) is 4.75. The van der Waals surface area contributed by atoms with Crippen molar-refractivity contribution in [2.45, 2.75) is 25.8 Å². The zero-order chi connectivity index (χ0) is 15.0. The number of rotatable bonds is 4. The molecule has 2 aliphatic rings. The zero-order valence-corrected chi connectivity index (χ0v) is 14.3. The first kappa shape index (κ1) is 16.5. The van der Waals surface area contributed by atoms with E-state index in [0.29, 0.717) is 12.4 Å². The Morgan fingerprint density at radius 3 is 3.04 bits per heavy atom. The van der Waals surface area contributed by atoms with Gasteiger partial charge in [0.25, 0.3) is 0 Å². The largest absolute Gasteiger partial charge is 0.443 e. The average molecular weight is 354 g/mol. The molecule has 1 spiro atoms. The van der Waals surface area contributed by atoms with Gasteiger partial charge in [0, 0.05) is 5.92 Å². The van der Waals surface area contributed by atoms with Gasteiger partial charge in [0.2, 0.25) is 11.8 Å². The molecule has 124 valence electrons. The van der Waals surface area contributed by atoms with Crippen LogP contribution in [-0.2, 0) is 11.3 Å². The smallest absolute Gasteiger partial charge is 0.236 e. The Morgan fingerprint density at radius 2 is 2.30 bits per heavy atom. The number of hydrogen-bond donors (Lipinski definition) is 2. The number of hydrogen-bond acceptors (Lipinski definition) is 5. The van der Waals surface area contributed by atoms with Gasteiger partial charge in [-0.15, -0.1) is 23.7 Å². The molecule has 3 heterocycles. The monoisotopic (exact) mass is 353 g/mol. The van der Waals surface area contributed by atoms with E-state index in [4.69, 9.17) is 4.42 Å². The van der Waals surface area contributed by atoms with Gasteiger partial charge in [-0.2, -0.15) is 0 Å². The molecule has 0 aromatic carbocycles. The second-order valence-corrected chi connectivity index (χ2v) is 7.16. The van der Waals surface area contributed by atoms with Gasteiger partial charge in [-0.1, -0.05) is 6.07 Å². The summed E-state index contributed by atoms with van der Waals surface area (Å²) in [5.74, 6) is 0.987. The number of carbonyl (C=O) groups is 1. The number of aromatic nitrogens is 1. The van der Waals surface area contributed by atoms with Crippen LogP contribution in [0.4, 0.5) is 0 Å². The van der Waals surface area contributed by atoms with Crippen LogP contribution in [0.2, 0.25) is 0 Å². The van der Waals surface area contributed by atoms with Gasteiger partial charge in [-0.3, -0.25) is 4.79 Å². The van der Waals surface area contributed by atoms with Crippen molar-refractivity contribution in [2.75, 3.05) is 13.1 Å². The fourth-order valence-corrected chi connectivity index (χ4v) is 4.05. The minimum absolute atomic E-state index is 0. The fourth-order valence-electron chi connectivity index (χ4n) is 3.40. The summed E-state index contributed by atoms with van der Waals surface area (Å²) in [4.78, 5) is 17.7. The van der Waals surface area contributed by atoms with Crippen LogP contribution in [0.3, 0.4) is 0 Å². The molecule has 5 nitrogen and oxygen atoms in total. The standard InChI is InChI=1S/C16H19N3O2S.ClH/c20-14(12-8-16(12)3-5-17-6-4-16)18-9-11-10-21-15(19-11)13-2-1-7-22-13;/h1-2,7,10,12,17H,3-6,8-9H2,(H,18,20);1H. The molecule has 2 aromatic rings. The molecule has 1 aliphatic heterocycles. The first-order chi connectivity index (χ1) is 10.8. The van der Waals surface area contributed by atoms with Gasteiger partial charge >= 0.3 is 0 Å². The predicted octanol–water partition coefficient (Wildman–Crippen LogP) is 2.83. The van der Waals surface area contributed by atoms with Crippen LogP contribution >= 0.6 is 23.7 Å². The molecule has 0 bridgehead atoms. The van der Waals surface area contributed by atoms with Crippen LogP contribution in [0.5, 0.6) is 0 Å². The van der Waals surface area contributed by atoms with Crippen molar-refractivity contribution in [2.24, 2.45) is 11.3 Å². The van der Waals surface area contributed by atoms with E-state index in [1.54, 1.807) is 17.6 Å². The summed E-state index contributed by atoms with van der Waals surface area (Å²) >= 11 is 1.59. The van der Waals surface area contributed by atoms with Crippen molar-refractivity contribution in [1.29, 1.82) is 0 Å². The van der Waals surface area contributed by atoms with Crippen LogP contribution in [0, 0.1) is 11.3 Å². The van der Waals surface area contributed by atoms with Crippen molar-refractivity contribution in [1.82, 2.24) is 15.6 Å². The Bertz CT molecular complexity index is 665. The quantitative estimate of drug-likeness (QED) is 0.887. The molecule has 1 saturated heterocycles. The molecule has 1 atom stereocenters. The summed E-state index contributed by atoms with van der Waals surface area (Å²) < 4.78 is 5.47. The minimum Gasteiger partial charge on any atom is -0.443 e. The topological polar surface area (TPSA) is 67.2 Å². The highest BCUT2D eigenvalue weighted by Crippen LogP contribution is 2.58. The molecule has 1 amide bonds. The Labute approximate surface area is 145 Å². The van der Waals surface area contributed by atoms with E-state index in [1.165, 1.54) is 0 Å². The molecule has 1 aliphatic carbocycles. The first-order valence-electron chi connectivity index (χ1n) is 7.74. The normalized spacial score (nSPS) is 21.7. The zero-order valence-electron chi connectivity index (χ0n) is 12.7. The molecular weight excluding hydrogens is 334 g/mol. The molecule has 0 radical (unpaired) electrons. The van der Waals surface area contributed by atoms with Crippen molar-refractivity contribution >= 4 is 29.7 Å². The third kappa shape index (κ3) is 3.29. The third-order valence-corrected chi connectivity index (χ3v) is 5.69. The van der Waals surface area contributed by atoms with Crippen LogP contribution < -0.4 is 10.6 Å². The summed E-state index contributed by atoms with van der Waals surface area (Å²) in [6, 6.07) is 3.95. The molecule has 2 fully saturated rings. The molecule has 2 N–H and O–H groups in total. The lowest BCUT2D eigenvalue weighted by molar-refractivity contribution is -0.123. The summed E-state index contributed by atoms with van der Waals surface area (Å²) in [6.45, 7) is 2.52. The molecule has 7 heteroatoms. The number of thiophene rings is 1. The maximum absolute atomic E-state index is 12.3. The lowest BCUT2D eigenvalue weighted by atomic mass is 9.92. The van der Waals surface area contributed by atoms with Crippen molar-refractivity contribution in [3.05, 3.63) is 29.5 Å². The van der Waals surface area contributed by atoms with Gasteiger partial charge < -0.3 is 15.1 Å². The second kappa shape index (κ2) is 6.63. The SMILES string of the molecule is Cl.O=C(NCc1coc(-c2cccs2)n1)C1CC12CCNCC2. The maximum atomic E-state index is 12.3. The van der Waals surface area contributed by atoms with E-state index >= 15 is 0 Å². The predicted molar refractivity (Wildman–Crippen MR) is 91.6 cm³/mol. The first-order valence-corrected chi connectivity index (χ1v) is 8.62. The van der Waals surface area contributed by atoms with Crippen molar-refractivity contribution in [3.8, 4) is 10.8 Å². The highest BCUT2D eigenvalue weighted by molar-refractivity contribution is 7.13. The molecule has 2 aromatic heterocycles. The highest BCUT2D eigenvalue weighted by Gasteiger charge is 2.57. The van der Waals surface area contributed by atoms with Crippen molar-refractivity contribution in [3.63, 3.8) is 0 Å². The molecule has 1 unspecified atom stereocenters. The lowest BCUT2D eigenvalue weighted by Gasteiger charge is -2.23. The van der Waals surface area contributed by atoms with E-state index in [0.717, 1.165) is 42.9 Å². The number of nitrogens with one attached hydrogen (secondary N) is 2. The van der Waals surface area contributed by atoms with E-state index in [-0.39, 0.29) is 29.6 Å². The van der Waals surface area contributed by atoms with E-state index < -0.39 is 0 Å². The van der Waals surface area contributed by atoms with Crippen molar-refractivity contribution < 1.29 is 9.21 Å². The van der Waals surface area contributed by atoms with E-state index in [9.17, 15) is 4.79 Å². The van der Waals surface area contributed by atoms with Gasteiger partial charge in [-0.05, 0) is 49.2 Å². The summed E-state index contributed by atoms with van der Waals surface area (Å²) in [7, 11) is 0. The number of amides is 1. The molecule has 23 heavy (non-hydrogen) atoms. The van der Waals surface area contributed by atoms with Gasteiger partial charge in [0.05, 0.1) is 17.1 Å².